The number of carbonyl (C=O) groups is 1. The van der Waals surface area contributed by atoms with Crippen LogP contribution in [0.5, 0.6) is 0 Å². The van der Waals surface area contributed by atoms with Crippen molar-refractivity contribution in [1.82, 2.24) is 9.80 Å². The Balaban J connectivity index is 2.12. The van der Waals surface area contributed by atoms with Crippen LogP contribution in [0.15, 0.2) is 0 Å². The van der Waals surface area contributed by atoms with E-state index < -0.39 is 6.09 Å². The van der Waals surface area contributed by atoms with E-state index in [-0.39, 0.29) is 12.1 Å². The van der Waals surface area contributed by atoms with Gasteiger partial charge in [0, 0.05) is 19.6 Å². The summed E-state index contributed by atoms with van der Waals surface area (Å²) in [7, 11) is 0. The number of carboxylic acid groups (broad SMARTS) is 1. The predicted molar refractivity (Wildman–Crippen MR) is 50.2 cm³/mol. The first kappa shape index (κ1) is 9.73. The second-order valence-corrected chi connectivity index (χ2v) is 4.18. The van der Waals surface area contributed by atoms with Gasteiger partial charge in [0.25, 0.3) is 0 Å². The fourth-order valence-corrected chi connectivity index (χ4v) is 2.59. The Morgan fingerprint density at radius 3 is 2.79 bits per heavy atom. The molecule has 0 aromatic rings. The van der Waals surface area contributed by atoms with E-state index in [9.17, 15) is 9.90 Å². The maximum Gasteiger partial charge on any atom is 0.407 e. The van der Waals surface area contributed by atoms with E-state index in [1.165, 1.54) is 4.90 Å². The number of aliphatic hydroxyl groups excluding tert-OH is 1. The van der Waals surface area contributed by atoms with E-state index in [4.69, 9.17) is 5.11 Å². The minimum atomic E-state index is -0.871. The standard InChI is InChI=1S/C9H16N2O3/c12-7-9-2-1-3-11(9)5-4-10(6-9)8(13)14/h12H,1-7H2,(H,13,14). The highest BCUT2D eigenvalue weighted by Crippen LogP contribution is 2.32. The summed E-state index contributed by atoms with van der Waals surface area (Å²) in [6.45, 7) is 2.84. The van der Waals surface area contributed by atoms with Gasteiger partial charge in [-0.2, -0.15) is 0 Å². The molecule has 1 amide bonds. The summed E-state index contributed by atoms with van der Waals surface area (Å²) < 4.78 is 0. The van der Waals surface area contributed by atoms with E-state index in [0.717, 1.165) is 25.9 Å². The molecule has 80 valence electrons. The molecule has 0 aromatic carbocycles. The fraction of sp³-hybridized carbons (Fsp3) is 0.889. The SMILES string of the molecule is O=C(O)N1CCN2CCCC2(CO)C1. The molecule has 5 heteroatoms. The van der Waals surface area contributed by atoms with Gasteiger partial charge in [-0.1, -0.05) is 0 Å². The molecule has 5 nitrogen and oxygen atoms in total. The number of fused-ring (bicyclic) bond motifs is 1. The van der Waals surface area contributed by atoms with E-state index in [2.05, 4.69) is 4.90 Å². The molecular formula is C9H16N2O3. The Labute approximate surface area is 82.9 Å². The summed E-state index contributed by atoms with van der Waals surface area (Å²) in [4.78, 5) is 14.5. The molecule has 0 saturated carbocycles. The van der Waals surface area contributed by atoms with Gasteiger partial charge in [0.1, 0.15) is 0 Å². The van der Waals surface area contributed by atoms with Crippen molar-refractivity contribution in [3.8, 4) is 0 Å². The fourth-order valence-electron chi connectivity index (χ4n) is 2.59. The highest BCUT2D eigenvalue weighted by Gasteiger charge is 2.45. The number of hydrogen-bond acceptors (Lipinski definition) is 3. The highest BCUT2D eigenvalue weighted by atomic mass is 16.4. The molecule has 2 rings (SSSR count). The monoisotopic (exact) mass is 200 g/mol. The normalized spacial score (nSPS) is 33.1. The van der Waals surface area contributed by atoms with Crippen LogP contribution >= 0.6 is 0 Å². The smallest absolute Gasteiger partial charge is 0.407 e. The first-order valence-electron chi connectivity index (χ1n) is 5.02. The van der Waals surface area contributed by atoms with Gasteiger partial charge in [-0.15, -0.1) is 0 Å². The molecule has 1 atom stereocenters. The van der Waals surface area contributed by atoms with Crippen LogP contribution in [0.2, 0.25) is 0 Å². The van der Waals surface area contributed by atoms with Crippen molar-refractivity contribution in [2.75, 3.05) is 32.8 Å². The van der Waals surface area contributed by atoms with Crippen LogP contribution in [-0.2, 0) is 0 Å². The number of nitrogens with zero attached hydrogens (tertiary/aromatic N) is 2. The average molecular weight is 200 g/mol. The zero-order valence-corrected chi connectivity index (χ0v) is 8.15. The molecule has 2 aliphatic rings. The molecule has 0 spiro atoms. The zero-order valence-electron chi connectivity index (χ0n) is 8.15. The summed E-state index contributed by atoms with van der Waals surface area (Å²) in [5.41, 5.74) is -0.281. The van der Waals surface area contributed by atoms with Crippen LogP contribution in [0.25, 0.3) is 0 Å². The summed E-state index contributed by atoms with van der Waals surface area (Å²) in [6, 6.07) is 0. The van der Waals surface area contributed by atoms with Crippen molar-refractivity contribution in [3.05, 3.63) is 0 Å². The van der Waals surface area contributed by atoms with Crippen molar-refractivity contribution < 1.29 is 15.0 Å². The Hall–Kier alpha value is -0.810. The molecule has 2 aliphatic heterocycles. The summed E-state index contributed by atoms with van der Waals surface area (Å²) in [5.74, 6) is 0. The molecule has 2 fully saturated rings. The maximum atomic E-state index is 10.8. The van der Waals surface area contributed by atoms with Gasteiger partial charge >= 0.3 is 6.09 Å². The van der Waals surface area contributed by atoms with Crippen LogP contribution in [0.1, 0.15) is 12.8 Å². The van der Waals surface area contributed by atoms with Crippen molar-refractivity contribution >= 4 is 6.09 Å². The highest BCUT2D eigenvalue weighted by molar-refractivity contribution is 5.65. The lowest BCUT2D eigenvalue weighted by Crippen LogP contribution is -2.62. The van der Waals surface area contributed by atoms with E-state index >= 15 is 0 Å². The number of piperazine rings is 1. The summed E-state index contributed by atoms with van der Waals surface area (Å²) in [6.07, 6.45) is 1.10. The lowest BCUT2D eigenvalue weighted by atomic mass is 9.94. The molecule has 2 N–H and O–H groups in total. The van der Waals surface area contributed by atoms with E-state index in [1.807, 2.05) is 0 Å². The van der Waals surface area contributed by atoms with Crippen molar-refractivity contribution in [1.29, 1.82) is 0 Å². The van der Waals surface area contributed by atoms with E-state index in [1.54, 1.807) is 0 Å². The van der Waals surface area contributed by atoms with Crippen LogP contribution in [0.4, 0.5) is 4.79 Å². The van der Waals surface area contributed by atoms with Crippen LogP contribution < -0.4 is 0 Å². The Morgan fingerprint density at radius 2 is 2.14 bits per heavy atom. The van der Waals surface area contributed by atoms with Gasteiger partial charge in [0.2, 0.25) is 0 Å². The molecule has 0 aromatic heterocycles. The maximum absolute atomic E-state index is 10.8. The third kappa shape index (κ3) is 1.36. The summed E-state index contributed by atoms with van der Waals surface area (Å²) in [5, 5.41) is 18.3. The van der Waals surface area contributed by atoms with Crippen molar-refractivity contribution in [2.24, 2.45) is 0 Å². The van der Waals surface area contributed by atoms with Crippen LogP contribution in [-0.4, -0.2) is 64.4 Å². The second kappa shape index (κ2) is 3.40. The van der Waals surface area contributed by atoms with Gasteiger partial charge in [0.05, 0.1) is 12.1 Å². The Kier molecular flexibility index (Phi) is 2.36. The van der Waals surface area contributed by atoms with Gasteiger partial charge < -0.3 is 15.1 Å². The number of hydrogen-bond donors (Lipinski definition) is 2. The molecule has 0 radical (unpaired) electrons. The Bertz CT molecular complexity index is 246. The number of rotatable bonds is 1. The largest absolute Gasteiger partial charge is 0.465 e. The topological polar surface area (TPSA) is 64.0 Å². The predicted octanol–water partition coefficient (Wildman–Crippen LogP) is -0.193. The minimum absolute atomic E-state index is 0.0662. The van der Waals surface area contributed by atoms with Crippen LogP contribution in [0, 0.1) is 0 Å². The molecule has 2 saturated heterocycles. The molecule has 1 unspecified atom stereocenters. The summed E-state index contributed by atoms with van der Waals surface area (Å²) >= 11 is 0. The lowest BCUT2D eigenvalue weighted by Gasteiger charge is -2.45. The van der Waals surface area contributed by atoms with Crippen molar-refractivity contribution in [3.63, 3.8) is 0 Å². The second-order valence-electron chi connectivity index (χ2n) is 4.18. The van der Waals surface area contributed by atoms with Gasteiger partial charge in [-0.3, -0.25) is 4.90 Å². The Morgan fingerprint density at radius 1 is 1.36 bits per heavy atom. The van der Waals surface area contributed by atoms with Crippen LogP contribution in [0.3, 0.4) is 0 Å². The first-order valence-corrected chi connectivity index (χ1v) is 5.02. The average Bonchev–Trinajstić information content (AvgIpc) is 2.60. The minimum Gasteiger partial charge on any atom is -0.465 e. The molecule has 14 heavy (non-hydrogen) atoms. The molecule has 2 heterocycles. The van der Waals surface area contributed by atoms with Gasteiger partial charge in [-0.05, 0) is 19.4 Å². The zero-order chi connectivity index (χ0) is 10.2. The quantitative estimate of drug-likeness (QED) is 0.615. The number of amides is 1. The first-order chi connectivity index (χ1) is 6.68. The van der Waals surface area contributed by atoms with Gasteiger partial charge in [-0.25, -0.2) is 4.79 Å². The van der Waals surface area contributed by atoms with Gasteiger partial charge in [0.15, 0.2) is 0 Å². The number of aliphatic hydroxyl groups is 1. The third-order valence-corrected chi connectivity index (χ3v) is 3.43. The third-order valence-electron chi connectivity index (χ3n) is 3.43. The van der Waals surface area contributed by atoms with Crippen molar-refractivity contribution in [2.45, 2.75) is 18.4 Å². The molecular weight excluding hydrogens is 184 g/mol. The lowest BCUT2D eigenvalue weighted by molar-refractivity contribution is -0.00430. The van der Waals surface area contributed by atoms with E-state index in [0.29, 0.717) is 13.1 Å². The molecule has 0 bridgehead atoms. The molecule has 0 aliphatic carbocycles.